The predicted molar refractivity (Wildman–Crippen MR) is 117 cm³/mol. The molecule has 1 heterocycles. The minimum Gasteiger partial charge on any atom is -0.500 e. The average Bonchev–Trinajstić information content (AvgIpc) is 2.74. The maximum Gasteiger partial charge on any atom is 0.314 e. The summed E-state index contributed by atoms with van der Waals surface area (Å²) in [5.41, 5.74) is 1.64. The lowest BCUT2D eigenvalue weighted by molar-refractivity contribution is -0.386. The molecule has 0 unspecified atom stereocenters. The molecule has 8 nitrogen and oxygen atoms in total. The van der Waals surface area contributed by atoms with Gasteiger partial charge in [-0.2, -0.15) is 0 Å². The van der Waals surface area contributed by atoms with Crippen LogP contribution in [-0.4, -0.2) is 28.3 Å². The number of allylic oxidation sites excluding steroid dienone is 2. The van der Waals surface area contributed by atoms with E-state index in [0.717, 1.165) is 5.56 Å². The fourth-order valence-electron chi connectivity index (χ4n) is 4.49. The second-order valence-corrected chi connectivity index (χ2v) is 8.23. The minimum absolute atomic E-state index is 0.0329. The van der Waals surface area contributed by atoms with Crippen molar-refractivity contribution >= 4 is 29.0 Å². The third kappa shape index (κ3) is 3.93. The molecule has 2 N–H and O–H groups in total. The summed E-state index contributed by atoms with van der Waals surface area (Å²) in [6.07, 6.45) is 0.605. The van der Waals surface area contributed by atoms with Crippen LogP contribution in [0.2, 0.25) is 5.02 Å². The summed E-state index contributed by atoms with van der Waals surface area (Å²) in [5.74, 6) is -1.91. The smallest absolute Gasteiger partial charge is 0.314 e. The molecule has 0 bridgehead atoms. The van der Waals surface area contributed by atoms with Crippen molar-refractivity contribution in [2.24, 2.45) is 0 Å². The maximum atomic E-state index is 13.2. The maximum absolute atomic E-state index is 13.2. The van der Waals surface area contributed by atoms with Gasteiger partial charge >= 0.3 is 5.69 Å². The van der Waals surface area contributed by atoms with E-state index in [4.69, 9.17) is 16.3 Å². The highest BCUT2D eigenvalue weighted by Crippen LogP contribution is 2.46. The van der Waals surface area contributed by atoms with Crippen LogP contribution >= 0.6 is 11.6 Å². The Morgan fingerprint density at radius 2 is 1.97 bits per heavy atom. The Labute approximate surface area is 189 Å². The van der Waals surface area contributed by atoms with Crippen LogP contribution in [0.1, 0.15) is 49.1 Å². The summed E-state index contributed by atoms with van der Waals surface area (Å²) in [7, 11) is 0. The molecule has 0 saturated heterocycles. The number of ether oxygens (including phenoxy) is 1. The molecular weight excluding hydrogens is 436 g/mol. The van der Waals surface area contributed by atoms with Crippen LogP contribution in [0.15, 0.2) is 47.7 Å². The first-order chi connectivity index (χ1) is 15.3. The zero-order valence-corrected chi connectivity index (χ0v) is 18.0. The lowest BCUT2D eigenvalue weighted by atomic mass is 9.73. The SMILES string of the molecule is CCOc1cc([C@H]2CC(=O)NC3=C2C(=O)C[C@H](c2ccccc2Cl)C3)cc([N+](=O)[O-])c1O. The highest BCUT2D eigenvalue weighted by Gasteiger charge is 2.39. The highest BCUT2D eigenvalue weighted by molar-refractivity contribution is 6.31. The fourth-order valence-corrected chi connectivity index (χ4v) is 4.78. The number of phenols is 1. The van der Waals surface area contributed by atoms with Gasteiger partial charge in [-0.05, 0) is 42.5 Å². The summed E-state index contributed by atoms with van der Waals surface area (Å²) in [6, 6.07) is 9.96. The van der Waals surface area contributed by atoms with Crippen molar-refractivity contribution in [1.82, 2.24) is 5.32 Å². The number of nitro groups is 1. The van der Waals surface area contributed by atoms with Gasteiger partial charge in [0.25, 0.3) is 0 Å². The number of rotatable bonds is 5. The van der Waals surface area contributed by atoms with Gasteiger partial charge in [0.1, 0.15) is 0 Å². The molecule has 1 aliphatic carbocycles. The van der Waals surface area contributed by atoms with Crippen LogP contribution in [0.25, 0.3) is 0 Å². The van der Waals surface area contributed by atoms with Crippen LogP contribution in [0.4, 0.5) is 5.69 Å². The molecule has 2 aromatic rings. The van der Waals surface area contributed by atoms with Gasteiger partial charge in [0.2, 0.25) is 11.7 Å². The standard InChI is InChI=1S/C23H21ClN2O6/c1-2-32-20-10-13(8-18(23(20)29)26(30)31)15-11-21(28)25-17-7-12(9-19(27)22(15)17)14-5-3-4-6-16(14)24/h3-6,8,10,12,15,29H,2,7,9,11H2,1H3,(H,25,28)/t12-,15-/m1/s1. The third-order valence-electron chi connectivity index (χ3n) is 5.86. The number of Topliss-reactive ketones (excluding diaryl/α,β-unsaturated/α-hetero) is 1. The molecule has 0 spiro atoms. The molecule has 0 radical (unpaired) electrons. The molecule has 0 fully saturated rings. The quantitative estimate of drug-likeness (QED) is 0.509. The zero-order valence-electron chi connectivity index (χ0n) is 17.3. The Kier molecular flexibility index (Phi) is 5.88. The number of benzene rings is 2. The summed E-state index contributed by atoms with van der Waals surface area (Å²) in [4.78, 5) is 36.5. The predicted octanol–water partition coefficient (Wildman–Crippen LogP) is 4.36. The number of carbonyl (C=O) groups is 2. The number of ketones is 1. The van der Waals surface area contributed by atoms with Gasteiger partial charge in [-0.25, -0.2) is 0 Å². The minimum atomic E-state index is -0.713. The van der Waals surface area contributed by atoms with E-state index in [2.05, 4.69) is 5.32 Å². The van der Waals surface area contributed by atoms with Gasteiger partial charge in [0, 0.05) is 41.1 Å². The van der Waals surface area contributed by atoms with Crippen LogP contribution in [0.3, 0.4) is 0 Å². The average molecular weight is 457 g/mol. The molecule has 0 saturated carbocycles. The van der Waals surface area contributed by atoms with E-state index in [1.54, 1.807) is 13.0 Å². The second kappa shape index (κ2) is 8.63. The molecule has 4 rings (SSSR count). The molecule has 2 aromatic carbocycles. The van der Waals surface area contributed by atoms with E-state index in [-0.39, 0.29) is 42.8 Å². The van der Waals surface area contributed by atoms with Crippen LogP contribution < -0.4 is 10.1 Å². The number of nitrogens with zero attached hydrogens (tertiary/aromatic N) is 1. The van der Waals surface area contributed by atoms with Crippen molar-refractivity contribution in [3.8, 4) is 11.5 Å². The van der Waals surface area contributed by atoms with Gasteiger partial charge in [0.15, 0.2) is 11.5 Å². The molecule has 0 aromatic heterocycles. The van der Waals surface area contributed by atoms with Gasteiger partial charge in [-0.15, -0.1) is 0 Å². The third-order valence-corrected chi connectivity index (χ3v) is 6.20. The Morgan fingerprint density at radius 3 is 2.66 bits per heavy atom. The molecule has 1 amide bonds. The summed E-state index contributed by atoms with van der Waals surface area (Å²) < 4.78 is 5.37. The topological polar surface area (TPSA) is 119 Å². The lowest BCUT2D eigenvalue weighted by Gasteiger charge is -2.34. The summed E-state index contributed by atoms with van der Waals surface area (Å²) in [6.45, 7) is 1.87. The van der Waals surface area contributed by atoms with Crippen LogP contribution in [-0.2, 0) is 9.59 Å². The van der Waals surface area contributed by atoms with Crippen molar-refractivity contribution in [3.63, 3.8) is 0 Å². The Balaban J connectivity index is 1.79. The number of nitrogens with one attached hydrogen (secondary N) is 1. The number of halogens is 1. The first-order valence-corrected chi connectivity index (χ1v) is 10.6. The molecule has 2 aliphatic rings. The van der Waals surface area contributed by atoms with Crippen molar-refractivity contribution in [1.29, 1.82) is 0 Å². The van der Waals surface area contributed by atoms with Crippen molar-refractivity contribution < 1.29 is 24.4 Å². The monoisotopic (exact) mass is 456 g/mol. The Morgan fingerprint density at radius 1 is 1.22 bits per heavy atom. The van der Waals surface area contributed by atoms with Crippen molar-refractivity contribution in [2.75, 3.05) is 6.61 Å². The van der Waals surface area contributed by atoms with Crippen molar-refractivity contribution in [3.05, 3.63) is 73.9 Å². The van der Waals surface area contributed by atoms with Gasteiger partial charge in [0.05, 0.1) is 11.5 Å². The second-order valence-electron chi connectivity index (χ2n) is 7.82. The number of aromatic hydroxyl groups is 1. The van der Waals surface area contributed by atoms with E-state index in [0.29, 0.717) is 28.3 Å². The molecule has 166 valence electrons. The van der Waals surface area contributed by atoms with E-state index in [9.17, 15) is 24.8 Å². The molecular formula is C23H21ClN2O6. The number of phenolic OH excluding ortho intramolecular Hbond substituents is 1. The van der Waals surface area contributed by atoms with Crippen LogP contribution in [0.5, 0.6) is 11.5 Å². The van der Waals surface area contributed by atoms with Gasteiger partial charge < -0.3 is 15.2 Å². The van der Waals surface area contributed by atoms with Crippen molar-refractivity contribution in [2.45, 2.75) is 38.0 Å². The normalized spacial score (nSPS) is 20.6. The summed E-state index contributed by atoms with van der Waals surface area (Å²) in [5, 5.41) is 25.1. The molecule has 1 aliphatic heterocycles. The first kappa shape index (κ1) is 21.8. The lowest BCUT2D eigenvalue weighted by Crippen LogP contribution is -2.38. The van der Waals surface area contributed by atoms with Gasteiger partial charge in [-0.1, -0.05) is 29.8 Å². The number of hydrogen-bond donors (Lipinski definition) is 2. The number of hydrogen-bond acceptors (Lipinski definition) is 6. The van der Waals surface area contributed by atoms with E-state index in [1.807, 2.05) is 18.2 Å². The molecule has 32 heavy (non-hydrogen) atoms. The zero-order chi connectivity index (χ0) is 23.0. The number of carbonyl (C=O) groups excluding carboxylic acids is 2. The summed E-state index contributed by atoms with van der Waals surface area (Å²) >= 11 is 6.33. The van der Waals surface area contributed by atoms with E-state index >= 15 is 0 Å². The Bertz CT molecular complexity index is 1160. The molecule has 9 heteroatoms. The number of amides is 1. The largest absolute Gasteiger partial charge is 0.500 e. The van der Waals surface area contributed by atoms with Crippen LogP contribution in [0, 0.1) is 10.1 Å². The van der Waals surface area contributed by atoms with Gasteiger partial charge in [-0.3, -0.25) is 19.7 Å². The molecule has 2 atom stereocenters. The Hall–Kier alpha value is -3.39. The van der Waals surface area contributed by atoms with E-state index in [1.165, 1.54) is 12.1 Å². The fraction of sp³-hybridized carbons (Fsp3) is 0.304. The highest BCUT2D eigenvalue weighted by atomic mass is 35.5. The first-order valence-electron chi connectivity index (χ1n) is 10.2. The van der Waals surface area contributed by atoms with E-state index < -0.39 is 22.3 Å². The number of nitro benzene ring substituents is 1.